The molecule has 6 nitrogen and oxygen atoms in total. The third-order valence-corrected chi connectivity index (χ3v) is 3.32. The molecule has 1 aliphatic heterocycles. The first-order chi connectivity index (χ1) is 11.2. The number of hydrogen-bond acceptors (Lipinski definition) is 4. The maximum Gasteiger partial charge on any atom is 0.490 e. The quantitative estimate of drug-likeness (QED) is 0.849. The van der Waals surface area contributed by atoms with E-state index in [1.54, 1.807) is 18.2 Å². The summed E-state index contributed by atoms with van der Waals surface area (Å²) in [6.45, 7) is 4.99. The number of carboxylic acids is 1. The highest BCUT2D eigenvalue weighted by atomic mass is 19.4. The molecule has 0 spiro atoms. The Labute approximate surface area is 136 Å². The Balaban J connectivity index is 0.000000351. The smallest absolute Gasteiger partial charge is 0.490 e. The summed E-state index contributed by atoms with van der Waals surface area (Å²) in [6, 6.07) is 3.76. The van der Waals surface area contributed by atoms with Crippen molar-refractivity contribution in [3.05, 3.63) is 36.7 Å². The Morgan fingerprint density at radius 2 is 2.12 bits per heavy atom. The van der Waals surface area contributed by atoms with E-state index in [-0.39, 0.29) is 5.91 Å². The zero-order chi connectivity index (χ0) is 18.3. The van der Waals surface area contributed by atoms with Crippen LogP contribution in [0.1, 0.15) is 18.0 Å². The van der Waals surface area contributed by atoms with Gasteiger partial charge in [-0.25, -0.2) is 4.79 Å². The summed E-state index contributed by atoms with van der Waals surface area (Å²) in [5.74, 6) is -1.65. The first-order valence-corrected chi connectivity index (χ1v) is 6.90. The van der Waals surface area contributed by atoms with Crippen LogP contribution in [-0.2, 0) is 9.59 Å². The van der Waals surface area contributed by atoms with E-state index in [1.807, 2.05) is 12.1 Å². The van der Waals surface area contributed by atoms with Crippen LogP contribution in [0.5, 0.6) is 5.75 Å². The van der Waals surface area contributed by atoms with Crippen molar-refractivity contribution in [3.8, 4) is 5.75 Å². The van der Waals surface area contributed by atoms with E-state index < -0.39 is 12.1 Å². The molecular formula is C15H17F3N2O4. The molecule has 0 radical (unpaired) electrons. The Bertz CT molecular complexity index is 605. The van der Waals surface area contributed by atoms with Crippen LogP contribution in [-0.4, -0.2) is 53.2 Å². The predicted molar refractivity (Wildman–Crippen MR) is 78.6 cm³/mol. The molecular weight excluding hydrogens is 329 g/mol. The number of ether oxygens (including phenoxy) is 1. The second-order valence-corrected chi connectivity index (χ2v) is 4.90. The van der Waals surface area contributed by atoms with Crippen LogP contribution >= 0.6 is 0 Å². The van der Waals surface area contributed by atoms with Crippen molar-refractivity contribution in [2.75, 3.05) is 20.2 Å². The number of halogens is 3. The minimum Gasteiger partial charge on any atom is -0.497 e. The summed E-state index contributed by atoms with van der Waals surface area (Å²) in [5.41, 5.74) is 0.990. The van der Waals surface area contributed by atoms with Crippen LogP contribution in [0.2, 0.25) is 0 Å². The van der Waals surface area contributed by atoms with E-state index in [0.717, 1.165) is 24.4 Å². The molecule has 1 aromatic heterocycles. The minimum atomic E-state index is -5.08. The number of alkyl halides is 3. The molecule has 1 unspecified atom stereocenters. The first kappa shape index (κ1) is 19.5. The van der Waals surface area contributed by atoms with Crippen LogP contribution in [0.3, 0.4) is 0 Å². The molecule has 1 saturated heterocycles. The third-order valence-electron chi connectivity index (χ3n) is 3.32. The number of rotatable bonds is 3. The molecule has 9 heteroatoms. The Morgan fingerprint density at radius 1 is 1.50 bits per heavy atom. The van der Waals surface area contributed by atoms with Gasteiger partial charge in [0.1, 0.15) is 5.75 Å². The number of nitrogens with zero attached hydrogens (tertiary/aromatic N) is 2. The number of hydrogen-bond donors (Lipinski definition) is 1. The van der Waals surface area contributed by atoms with E-state index >= 15 is 0 Å². The lowest BCUT2D eigenvalue weighted by Crippen LogP contribution is -2.26. The number of pyridine rings is 1. The molecule has 2 heterocycles. The molecule has 132 valence electrons. The van der Waals surface area contributed by atoms with E-state index in [4.69, 9.17) is 14.6 Å². The van der Waals surface area contributed by atoms with Crippen molar-refractivity contribution in [2.45, 2.75) is 18.5 Å². The molecule has 1 N–H and O–H groups in total. The average molecular weight is 346 g/mol. The molecule has 0 aromatic carbocycles. The van der Waals surface area contributed by atoms with Crippen molar-refractivity contribution in [1.29, 1.82) is 0 Å². The fourth-order valence-electron chi connectivity index (χ4n) is 2.11. The summed E-state index contributed by atoms with van der Waals surface area (Å²) in [7, 11) is 1.64. The summed E-state index contributed by atoms with van der Waals surface area (Å²) < 4.78 is 36.9. The number of amides is 1. The van der Waals surface area contributed by atoms with E-state index in [2.05, 4.69) is 11.6 Å². The lowest BCUT2D eigenvalue weighted by Gasteiger charge is -2.14. The number of aromatic nitrogens is 1. The Hall–Kier alpha value is -2.58. The maximum absolute atomic E-state index is 11.5. The number of carbonyl (C=O) groups is 2. The first-order valence-electron chi connectivity index (χ1n) is 6.90. The van der Waals surface area contributed by atoms with Gasteiger partial charge in [-0.1, -0.05) is 6.58 Å². The van der Waals surface area contributed by atoms with Gasteiger partial charge in [0.05, 0.1) is 7.11 Å². The van der Waals surface area contributed by atoms with Gasteiger partial charge in [0.2, 0.25) is 5.91 Å². The Kier molecular flexibility index (Phi) is 6.75. The van der Waals surface area contributed by atoms with Crippen molar-refractivity contribution < 1.29 is 32.6 Å². The lowest BCUT2D eigenvalue weighted by atomic mass is 10.0. The average Bonchev–Trinajstić information content (AvgIpc) is 3.04. The van der Waals surface area contributed by atoms with Crippen molar-refractivity contribution in [3.63, 3.8) is 0 Å². The maximum atomic E-state index is 11.5. The van der Waals surface area contributed by atoms with E-state index in [1.165, 1.54) is 6.08 Å². The minimum absolute atomic E-state index is 0.00426. The molecule has 1 amide bonds. The third kappa shape index (κ3) is 5.56. The number of carboxylic acid groups (broad SMARTS) is 1. The lowest BCUT2D eigenvalue weighted by molar-refractivity contribution is -0.192. The zero-order valence-corrected chi connectivity index (χ0v) is 12.9. The SMILES string of the molecule is C=CC(=O)N1CCC(c2cc(OC)ccn2)C1.O=C(O)C(F)(F)F. The van der Waals surface area contributed by atoms with Gasteiger partial charge >= 0.3 is 12.1 Å². The molecule has 24 heavy (non-hydrogen) atoms. The van der Waals surface area contributed by atoms with Crippen LogP contribution in [0.4, 0.5) is 13.2 Å². The van der Waals surface area contributed by atoms with Gasteiger partial charge in [-0.2, -0.15) is 13.2 Å². The number of likely N-dealkylation sites (tertiary alicyclic amines) is 1. The van der Waals surface area contributed by atoms with Gasteiger partial charge < -0.3 is 14.7 Å². The van der Waals surface area contributed by atoms with Gasteiger partial charge in [-0.15, -0.1) is 0 Å². The molecule has 0 bridgehead atoms. The topological polar surface area (TPSA) is 79.7 Å². The van der Waals surface area contributed by atoms with Gasteiger partial charge in [0.15, 0.2) is 0 Å². The molecule has 1 atom stereocenters. The van der Waals surface area contributed by atoms with Crippen LogP contribution in [0.25, 0.3) is 0 Å². The normalized spacial score (nSPS) is 16.8. The fourth-order valence-corrected chi connectivity index (χ4v) is 2.11. The summed E-state index contributed by atoms with van der Waals surface area (Å²) in [5, 5.41) is 7.12. The highest BCUT2D eigenvalue weighted by Gasteiger charge is 2.38. The zero-order valence-electron chi connectivity index (χ0n) is 12.9. The molecule has 1 fully saturated rings. The summed E-state index contributed by atoms with van der Waals surface area (Å²) >= 11 is 0. The van der Waals surface area contributed by atoms with Crippen molar-refractivity contribution >= 4 is 11.9 Å². The van der Waals surface area contributed by atoms with Gasteiger partial charge in [-0.05, 0) is 18.6 Å². The number of aliphatic carboxylic acids is 1. The van der Waals surface area contributed by atoms with E-state index in [9.17, 15) is 18.0 Å². The van der Waals surface area contributed by atoms with Crippen LogP contribution in [0, 0.1) is 0 Å². The molecule has 0 aliphatic carbocycles. The highest BCUT2D eigenvalue weighted by Crippen LogP contribution is 2.27. The number of methoxy groups -OCH3 is 1. The Morgan fingerprint density at radius 3 is 2.62 bits per heavy atom. The van der Waals surface area contributed by atoms with Gasteiger partial charge in [0.25, 0.3) is 0 Å². The molecule has 1 aromatic rings. The van der Waals surface area contributed by atoms with Crippen LogP contribution < -0.4 is 4.74 Å². The molecule has 1 aliphatic rings. The molecule has 0 saturated carbocycles. The monoisotopic (exact) mass is 346 g/mol. The van der Waals surface area contributed by atoms with E-state index in [0.29, 0.717) is 12.5 Å². The highest BCUT2D eigenvalue weighted by molar-refractivity contribution is 5.87. The van der Waals surface area contributed by atoms with Gasteiger partial charge in [0, 0.05) is 37.0 Å². The van der Waals surface area contributed by atoms with Crippen molar-refractivity contribution in [1.82, 2.24) is 9.88 Å². The summed E-state index contributed by atoms with van der Waals surface area (Å²) in [6.07, 6.45) is -1.03. The fraction of sp³-hybridized carbons (Fsp3) is 0.400. The number of carbonyl (C=O) groups excluding carboxylic acids is 1. The van der Waals surface area contributed by atoms with Crippen LogP contribution in [0.15, 0.2) is 31.0 Å². The van der Waals surface area contributed by atoms with Gasteiger partial charge in [-0.3, -0.25) is 9.78 Å². The second kappa shape index (κ2) is 8.32. The standard InChI is InChI=1S/C13H16N2O2.C2HF3O2/c1-3-13(16)15-7-5-10(9-15)12-8-11(17-2)4-6-14-12;3-2(4,5)1(6)7/h3-4,6,8,10H,1,5,7,9H2,2H3;(H,6,7). The second-order valence-electron chi connectivity index (χ2n) is 4.90. The van der Waals surface area contributed by atoms with Crippen molar-refractivity contribution in [2.24, 2.45) is 0 Å². The summed E-state index contributed by atoms with van der Waals surface area (Å²) in [4.78, 5) is 26.5. The largest absolute Gasteiger partial charge is 0.497 e. The predicted octanol–water partition coefficient (Wildman–Crippen LogP) is 2.23. The molecule has 2 rings (SSSR count).